The van der Waals surface area contributed by atoms with Crippen molar-refractivity contribution < 1.29 is 19.1 Å². The van der Waals surface area contributed by atoms with Gasteiger partial charge in [0.05, 0.1) is 34.6 Å². The molecule has 1 unspecified atom stereocenters. The molecule has 3 rings (SSSR count). The molecule has 0 aromatic heterocycles. The van der Waals surface area contributed by atoms with E-state index in [0.29, 0.717) is 42.4 Å². The number of hydrogen-bond donors (Lipinski definition) is 1. The highest BCUT2D eigenvalue weighted by atomic mass is 35.5. The number of benzene rings is 2. The first kappa shape index (κ1) is 28.1. The Morgan fingerprint density at radius 3 is 2.54 bits per heavy atom. The summed E-state index contributed by atoms with van der Waals surface area (Å²) in [6, 6.07) is 12.5. The van der Waals surface area contributed by atoms with Gasteiger partial charge in [0, 0.05) is 25.7 Å². The quantitative estimate of drug-likeness (QED) is 0.418. The van der Waals surface area contributed by atoms with Gasteiger partial charge >= 0.3 is 6.09 Å². The lowest BCUT2D eigenvalue weighted by atomic mass is 10.1. The molecule has 0 aliphatic carbocycles. The molecular formula is C28H35ClN4O4. The van der Waals surface area contributed by atoms with Gasteiger partial charge < -0.3 is 24.6 Å². The molecule has 198 valence electrons. The molecule has 9 heteroatoms. The standard InChI is InChI=1S/C28H35ClN4O4/c1-6-7-16-36-21-10-8-19(9-11-21)26(34)31-23-12-13-24(22(17-30)25(23)29)33-15-14-20(18-33)32(5)27(35)37-28(2,3)4/h8-13,20H,6-7,14-16,18H2,1-5H3,(H,31,34). The fourth-order valence-corrected chi connectivity index (χ4v) is 4.27. The zero-order valence-corrected chi connectivity index (χ0v) is 22.9. The molecule has 37 heavy (non-hydrogen) atoms. The van der Waals surface area contributed by atoms with E-state index < -0.39 is 5.60 Å². The van der Waals surface area contributed by atoms with E-state index in [1.165, 1.54) is 0 Å². The van der Waals surface area contributed by atoms with Crippen LogP contribution in [0.15, 0.2) is 36.4 Å². The van der Waals surface area contributed by atoms with E-state index in [4.69, 9.17) is 21.1 Å². The van der Waals surface area contributed by atoms with E-state index in [-0.39, 0.29) is 28.6 Å². The Morgan fingerprint density at radius 1 is 1.22 bits per heavy atom. The lowest BCUT2D eigenvalue weighted by Crippen LogP contribution is -2.42. The highest BCUT2D eigenvalue weighted by Gasteiger charge is 2.32. The molecule has 2 aromatic rings. The predicted molar refractivity (Wildman–Crippen MR) is 146 cm³/mol. The molecular weight excluding hydrogens is 492 g/mol. The summed E-state index contributed by atoms with van der Waals surface area (Å²) < 4.78 is 11.1. The van der Waals surface area contributed by atoms with Gasteiger partial charge in [-0.1, -0.05) is 24.9 Å². The zero-order valence-electron chi connectivity index (χ0n) is 22.1. The minimum Gasteiger partial charge on any atom is -0.494 e. The second-order valence-corrected chi connectivity index (χ2v) is 10.5. The minimum absolute atomic E-state index is 0.0616. The van der Waals surface area contributed by atoms with E-state index in [0.717, 1.165) is 19.3 Å². The van der Waals surface area contributed by atoms with Crippen LogP contribution in [0.4, 0.5) is 16.2 Å². The van der Waals surface area contributed by atoms with Crippen molar-refractivity contribution in [3.8, 4) is 11.8 Å². The van der Waals surface area contributed by atoms with E-state index in [1.54, 1.807) is 48.3 Å². The number of ether oxygens (including phenoxy) is 2. The van der Waals surface area contributed by atoms with Crippen molar-refractivity contribution in [2.75, 3.05) is 37.0 Å². The number of nitriles is 1. The summed E-state index contributed by atoms with van der Waals surface area (Å²) in [7, 11) is 1.73. The van der Waals surface area contributed by atoms with Crippen molar-refractivity contribution in [3.05, 3.63) is 52.5 Å². The third-order valence-electron chi connectivity index (χ3n) is 6.10. The van der Waals surface area contributed by atoms with Crippen molar-refractivity contribution in [1.82, 2.24) is 4.90 Å². The van der Waals surface area contributed by atoms with Gasteiger partial charge in [-0.2, -0.15) is 5.26 Å². The Morgan fingerprint density at radius 2 is 1.92 bits per heavy atom. The van der Waals surface area contributed by atoms with Crippen LogP contribution in [0.2, 0.25) is 5.02 Å². The smallest absolute Gasteiger partial charge is 0.410 e. The molecule has 1 atom stereocenters. The third-order valence-corrected chi connectivity index (χ3v) is 6.49. The van der Waals surface area contributed by atoms with E-state index in [1.807, 2.05) is 25.7 Å². The van der Waals surface area contributed by atoms with Crippen LogP contribution in [0.25, 0.3) is 0 Å². The molecule has 1 aliphatic rings. The monoisotopic (exact) mass is 526 g/mol. The molecule has 0 radical (unpaired) electrons. The van der Waals surface area contributed by atoms with Gasteiger partial charge in [0.2, 0.25) is 0 Å². The Bertz CT molecular complexity index is 1150. The third kappa shape index (κ3) is 7.30. The summed E-state index contributed by atoms with van der Waals surface area (Å²) in [6.07, 6.45) is 2.37. The summed E-state index contributed by atoms with van der Waals surface area (Å²) in [5, 5.41) is 12.9. The van der Waals surface area contributed by atoms with Crippen LogP contribution in [0, 0.1) is 11.3 Å². The maximum absolute atomic E-state index is 12.8. The lowest BCUT2D eigenvalue weighted by molar-refractivity contribution is 0.0237. The van der Waals surface area contributed by atoms with Crippen molar-refractivity contribution in [3.63, 3.8) is 0 Å². The number of hydrogen-bond acceptors (Lipinski definition) is 6. The molecule has 1 aliphatic heterocycles. The average molecular weight is 527 g/mol. The summed E-state index contributed by atoms with van der Waals surface area (Å²) in [5.41, 5.74) is 1.18. The highest BCUT2D eigenvalue weighted by molar-refractivity contribution is 6.35. The van der Waals surface area contributed by atoms with E-state index in [9.17, 15) is 14.9 Å². The molecule has 1 N–H and O–H groups in total. The SMILES string of the molecule is CCCCOc1ccc(C(=O)Nc2ccc(N3CCC(N(C)C(=O)OC(C)(C)C)C3)c(C#N)c2Cl)cc1. The van der Waals surface area contributed by atoms with Crippen molar-refractivity contribution in [2.45, 2.75) is 58.6 Å². The van der Waals surface area contributed by atoms with Crippen LogP contribution in [0.5, 0.6) is 5.75 Å². The molecule has 8 nitrogen and oxygen atoms in total. The van der Waals surface area contributed by atoms with Crippen molar-refractivity contribution >= 4 is 35.0 Å². The molecule has 1 fully saturated rings. The number of amides is 2. The Balaban J connectivity index is 1.69. The van der Waals surface area contributed by atoms with E-state index >= 15 is 0 Å². The van der Waals surface area contributed by atoms with E-state index in [2.05, 4.69) is 18.3 Å². The van der Waals surface area contributed by atoms with Gasteiger partial charge in [-0.3, -0.25) is 4.79 Å². The zero-order chi connectivity index (χ0) is 27.2. The molecule has 0 bridgehead atoms. The number of carbonyl (C=O) groups is 2. The minimum atomic E-state index is -0.574. The lowest BCUT2D eigenvalue weighted by Gasteiger charge is -2.29. The summed E-state index contributed by atoms with van der Waals surface area (Å²) in [4.78, 5) is 28.9. The second kappa shape index (κ2) is 12.2. The van der Waals surface area contributed by atoms with Crippen LogP contribution in [0.1, 0.15) is 62.9 Å². The molecule has 0 spiro atoms. The number of carbonyl (C=O) groups excluding carboxylic acids is 2. The molecule has 1 heterocycles. The van der Waals surface area contributed by atoms with Crippen LogP contribution in [-0.2, 0) is 4.74 Å². The predicted octanol–water partition coefficient (Wildman–Crippen LogP) is 6.09. The first-order chi connectivity index (χ1) is 17.5. The number of rotatable bonds is 8. The highest BCUT2D eigenvalue weighted by Crippen LogP contribution is 2.35. The fourth-order valence-electron chi connectivity index (χ4n) is 4.02. The van der Waals surface area contributed by atoms with Gasteiger partial charge in [-0.25, -0.2) is 4.79 Å². The summed E-state index contributed by atoms with van der Waals surface area (Å²) in [5.74, 6) is 0.374. The number of halogens is 1. The molecule has 0 saturated carbocycles. The maximum Gasteiger partial charge on any atom is 0.410 e. The van der Waals surface area contributed by atoms with Gasteiger partial charge in [-0.15, -0.1) is 0 Å². The summed E-state index contributed by atoms with van der Waals surface area (Å²) >= 11 is 6.57. The van der Waals surface area contributed by atoms with Crippen molar-refractivity contribution in [2.24, 2.45) is 0 Å². The normalized spacial score (nSPS) is 15.2. The Kier molecular flexibility index (Phi) is 9.28. The number of unbranched alkanes of at least 4 members (excludes halogenated alkanes) is 1. The number of nitrogens with zero attached hydrogens (tertiary/aromatic N) is 3. The van der Waals surface area contributed by atoms with Crippen LogP contribution in [-0.4, -0.2) is 55.3 Å². The first-order valence-corrected chi connectivity index (χ1v) is 12.9. The second-order valence-electron chi connectivity index (χ2n) is 10.1. The molecule has 2 aromatic carbocycles. The van der Waals surface area contributed by atoms with Gasteiger partial charge in [0.25, 0.3) is 5.91 Å². The number of nitrogens with one attached hydrogen (secondary N) is 1. The largest absolute Gasteiger partial charge is 0.494 e. The topological polar surface area (TPSA) is 94.9 Å². The number of anilines is 2. The fraction of sp³-hybridized carbons (Fsp3) is 0.464. The molecule has 2 amide bonds. The summed E-state index contributed by atoms with van der Waals surface area (Å²) in [6.45, 7) is 9.42. The van der Waals surface area contributed by atoms with Crippen LogP contribution >= 0.6 is 11.6 Å². The van der Waals surface area contributed by atoms with Gasteiger partial charge in [-0.05, 0) is 70.0 Å². The average Bonchev–Trinajstić information content (AvgIpc) is 3.34. The van der Waals surface area contributed by atoms with Crippen LogP contribution in [0.3, 0.4) is 0 Å². The van der Waals surface area contributed by atoms with Gasteiger partial charge in [0.1, 0.15) is 17.4 Å². The Labute approximate surface area is 224 Å². The molecule has 1 saturated heterocycles. The Hall–Kier alpha value is -3.44. The van der Waals surface area contributed by atoms with Crippen LogP contribution < -0.4 is 15.0 Å². The maximum atomic E-state index is 12.8. The van der Waals surface area contributed by atoms with Crippen molar-refractivity contribution in [1.29, 1.82) is 5.26 Å². The first-order valence-electron chi connectivity index (χ1n) is 12.5. The number of likely N-dealkylation sites (N-methyl/N-ethyl adjacent to an activating group) is 1. The van der Waals surface area contributed by atoms with Gasteiger partial charge in [0.15, 0.2) is 0 Å².